The van der Waals surface area contributed by atoms with Gasteiger partial charge in [0.15, 0.2) is 6.10 Å². The zero-order chi connectivity index (χ0) is 29.8. The Morgan fingerprint density at radius 1 is 1.35 bits per heavy atom. The number of halogens is 2. The van der Waals surface area contributed by atoms with Crippen molar-refractivity contribution < 1.29 is 46.7 Å². The first-order valence-electron chi connectivity index (χ1n) is 11.9. The summed E-state index contributed by atoms with van der Waals surface area (Å²) in [6.07, 6.45) is -6.73. The van der Waals surface area contributed by atoms with E-state index in [1.165, 1.54) is 38.1 Å². The van der Waals surface area contributed by atoms with Crippen molar-refractivity contribution in [3.05, 3.63) is 62.7 Å². The number of nitrogens with zero attached hydrogens (tertiary/aromatic N) is 3. The highest BCUT2D eigenvalue weighted by atomic mass is 31.2. The van der Waals surface area contributed by atoms with Gasteiger partial charge in [0.05, 0.1) is 24.2 Å². The number of aliphatic hydroxyl groups is 1. The molecule has 1 saturated heterocycles. The van der Waals surface area contributed by atoms with Crippen LogP contribution in [0.1, 0.15) is 38.7 Å². The van der Waals surface area contributed by atoms with E-state index in [9.17, 15) is 38.2 Å². The first kappa shape index (κ1) is 31.2. The zero-order valence-electron chi connectivity index (χ0n) is 21.5. The number of aromatic nitrogens is 2. The molecule has 2 heterocycles. The van der Waals surface area contributed by atoms with E-state index >= 15 is 0 Å². The van der Waals surface area contributed by atoms with E-state index < -0.39 is 67.4 Å². The Kier molecular flexibility index (Phi) is 9.71. The van der Waals surface area contributed by atoms with Crippen LogP contribution in [0.25, 0.3) is 0 Å². The van der Waals surface area contributed by atoms with Crippen molar-refractivity contribution >= 4 is 25.2 Å². The van der Waals surface area contributed by atoms with Gasteiger partial charge in [0.1, 0.15) is 18.0 Å². The maximum absolute atomic E-state index is 14.9. The van der Waals surface area contributed by atoms with E-state index in [0.29, 0.717) is 10.1 Å². The van der Waals surface area contributed by atoms with E-state index in [1.54, 1.807) is 6.92 Å². The molecule has 0 aliphatic carbocycles. The Bertz CT molecular complexity index is 1330. The first-order chi connectivity index (χ1) is 18.7. The highest BCUT2D eigenvalue weighted by molar-refractivity contribution is 7.51. The number of rotatable bonds is 12. The fraction of sp³-hybridized carbons (Fsp3) is 0.500. The predicted octanol–water partition coefficient (Wildman–Crippen LogP) is 2.07. The van der Waals surface area contributed by atoms with Gasteiger partial charge in [-0.05, 0) is 44.5 Å². The number of hydrogen-bond acceptors (Lipinski definition) is 12. The number of benzene rings is 1. The van der Waals surface area contributed by atoms with Crippen LogP contribution >= 0.6 is 7.75 Å². The molecule has 3 unspecified atom stereocenters. The molecule has 4 N–H and O–H groups in total. The lowest BCUT2D eigenvalue weighted by Gasteiger charge is -2.26. The smallest absolute Gasteiger partial charge is 0.406 e. The number of esters is 1. The van der Waals surface area contributed by atoms with Crippen molar-refractivity contribution in [2.45, 2.75) is 57.3 Å². The van der Waals surface area contributed by atoms with Gasteiger partial charge in [-0.15, -0.1) is 0 Å². The summed E-state index contributed by atoms with van der Waals surface area (Å²) in [5.41, 5.74) is 4.36. The number of non-ortho nitro benzene ring substituents is 1. The predicted molar refractivity (Wildman–Crippen MR) is 133 cm³/mol. The monoisotopic (exact) mass is 591 g/mol. The van der Waals surface area contributed by atoms with E-state index in [2.05, 4.69) is 10.1 Å². The van der Waals surface area contributed by atoms with Gasteiger partial charge < -0.3 is 20.3 Å². The summed E-state index contributed by atoms with van der Waals surface area (Å²) >= 11 is 0. The number of hydrogen-bond donors (Lipinski definition) is 3. The Hall–Kier alpha value is -3.34. The number of carbonyl (C=O) groups excluding carboxylic acids is 1. The molecule has 1 aromatic heterocycles. The van der Waals surface area contributed by atoms with E-state index in [-0.39, 0.29) is 18.1 Å². The van der Waals surface area contributed by atoms with Crippen molar-refractivity contribution in [1.82, 2.24) is 14.6 Å². The lowest BCUT2D eigenvalue weighted by atomic mass is 10.1. The summed E-state index contributed by atoms with van der Waals surface area (Å²) in [6, 6.07) is 4.89. The van der Waals surface area contributed by atoms with Crippen molar-refractivity contribution in [1.29, 1.82) is 0 Å². The molecular weight excluding hydrogens is 563 g/mol. The van der Waals surface area contributed by atoms with E-state index in [0.717, 1.165) is 12.3 Å². The molecule has 0 radical (unpaired) electrons. The van der Waals surface area contributed by atoms with Gasteiger partial charge in [-0.1, -0.05) is 0 Å². The van der Waals surface area contributed by atoms with Crippen LogP contribution in [-0.2, 0) is 27.9 Å². The average Bonchev–Trinajstić information content (AvgIpc) is 3.11. The molecule has 1 aromatic carbocycles. The molecule has 0 saturated carbocycles. The fourth-order valence-electron chi connectivity index (χ4n) is 3.67. The summed E-state index contributed by atoms with van der Waals surface area (Å²) in [6.45, 7) is 3.34. The van der Waals surface area contributed by atoms with Crippen LogP contribution in [-0.4, -0.2) is 62.9 Å². The van der Waals surface area contributed by atoms with Gasteiger partial charge >= 0.3 is 25.3 Å². The third-order valence-corrected chi connectivity index (χ3v) is 7.54. The summed E-state index contributed by atoms with van der Waals surface area (Å²) in [7, 11) is -4.55. The number of nitro groups is 1. The molecular formula is C22H28F2N5O10P. The first-order valence-corrected chi connectivity index (χ1v) is 13.4. The number of ether oxygens (including phenoxy) is 2. The fourth-order valence-corrected chi connectivity index (χ4v) is 5.33. The third kappa shape index (κ3) is 7.04. The molecule has 1 fully saturated rings. The molecule has 6 atom stereocenters. The van der Waals surface area contributed by atoms with Crippen molar-refractivity contribution in [3.8, 4) is 0 Å². The Morgan fingerprint density at radius 2 is 2.00 bits per heavy atom. The van der Waals surface area contributed by atoms with Crippen LogP contribution in [0, 0.1) is 10.1 Å². The van der Waals surface area contributed by atoms with Crippen LogP contribution in [0.2, 0.25) is 0 Å². The number of nitrogens with two attached hydrogens (primary N) is 1. The van der Waals surface area contributed by atoms with Gasteiger partial charge in [0.2, 0.25) is 6.23 Å². The number of nitro benzene ring substituents is 1. The van der Waals surface area contributed by atoms with E-state index in [4.69, 9.17) is 24.3 Å². The van der Waals surface area contributed by atoms with Gasteiger partial charge in [-0.25, -0.2) is 14.4 Å². The van der Waals surface area contributed by atoms with Crippen molar-refractivity contribution in [2.75, 3.05) is 18.9 Å². The molecule has 40 heavy (non-hydrogen) atoms. The van der Waals surface area contributed by atoms with E-state index in [1.807, 2.05) is 0 Å². The lowest BCUT2D eigenvalue weighted by Crippen LogP contribution is -2.42. The SMILES string of the molecule is CCOC(=O)[C@H](C)NP(=O)(OC[C@H]1O[C@@H](n2ccc(N)nc2=O)C(F)(F)C1O)OC(C)c1ccc([N+](=O)[O-])cc1. The highest BCUT2D eigenvalue weighted by Gasteiger charge is 2.60. The Labute approximate surface area is 225 Å². The number of anilines is 1. The minimum absolute atomic E-state index is 0.00794. The molecule has 0 spiro atoms. The lowest BCUT2D eigenvalue weighted by molar-refractivity contribution is -0.384. The minimum atomic E-state index is -4.55. The van der Waals surface area contributed by atoms with Crippen LogP contribution in [0.3, 0.4) is 0 Å². The number of aliphatic hydroxyl groups excluding tert-OH is 1. The topological polar surface area (TPSA) is 207 Å². The average molecular weight is 591 g/mol. The van der Waals surface area contributed by atoms with Crippen LogP contribution in [0.5, 0.6) is 0 Å². The molecule has 1 aliphatic rings. The largest absolute Gasteiger partial charge is 0.465 e. The summed E-state index contributed by atoms with van der Waals surface area (Å²) in [5, 5.41) is 23.5. The molecule has 0 bridgehead atoms. The van der Waals surface area contributed by atoms with Crippen LogP contribution in [0.15, 0.2) is 41.3 Å². The maximum atomic E-state index is 14.9. The van der Waals surface area contributed by atoms with Gasteiger partial charge in [0.25, 0.3) is 5.69 Å². The second-order valence-corrected chi connectivity index (χ2v) is 10.4. The zero-order valence-corrected chi connectivity index (χ0v) is 22.4. The Balaban J connectivity index is 1.82. The molecule has 2 aromatic rings. The third-order valence-electron chi connectivity index (χ3n) is 5.75. The quantitative estimate of drug-likeness (QED) is 0.140. The standard InChI is InChI=1S/C22H28F2N5O10P/c1-4-36-19(31)12(2)27-40(35,39-13(3)14-5-7-15(8-6-14)29(33)34)37-11-16-18(30)22(23,24)20(38-16)28-10-9-17(25)26-21(28)32/h5-10,12-13,16,18,20,30H,4,11H2,1-3H3,(H,27,35)(H2,25,26,32)/t12-,13?,16+,18?,20+,40?/m0/s1. The highest BCUT2D eigenvalue weighted by Crippen LogP contribution is 2.50. The normalized spacial score (nSPS) is 23.2. The minimum Gasteiger partial charge on any atom is -0.465 e. The van der Waals surface area contributed by atoms with Gasteiger partial charge in [0, 0.05) is 18.3 Å². The van der Waals surface area contributed by atoms with Crippen molar-refractivity contribution in [3.63, 3.8) is 0 Å². The number of carbonyl (C=O) groups is 1. The summed E-state index contributed by atoms with van der Waals surface area (Å²) < 4.78 is 64.9. The molecule has 15 nitrogen and oxygen atoms in total. The molecule has 220 valence electrons. The number of nitrogen functional groups attached to an aromatic ring is 1. The van der Waals surface area contributed by atoms with Gasteiger partial charge in [-0.2, -0.15) is 13.8 Å². The summed E-state index contributed by atoms with van der Waals surface area (Å²) in [4.78, 5) is 37.9. The van der Waals surface area contributed by atoms with Crippen molar-refractivity contribution in [2.24, 2.45) is 0 Å². The molecule has 1 aliphatic heterocycles. The van der Waals surface area contributed by atoms with Crippen LogP contribution in [0.4, 0.5) is 20.3 Å². The number of nitrogens with one attached hydrogen (secondary N) is 1. The summed E-state index contributed by atoms with van der Waals surface area (Å²) in [5.74, 6) is -5.04. The maximum Gasteiger partial charge on any atom is 0.406 e. The second kappa shape index (κ2) is 12.4. The van der Waals surface area contributed by atoms with Gasteiger partial charge in [-0.3, -0.25) is 28.5 Å². The molecule has 18 heteroatoms. The molecule has 0 amide bonds. The molecule has 3 rings (SSSR count). The second-order valence-electron chi connectivity index (χ2n) is 8.68. The van der Waals surface area contributed by atoms with Crippen LogP contribution < -0.4 is 16.5 Å². The Morgan fingerprint density at radius 3 is 2.58 bits per heavy atom. The number of alkyl halides is 2.